The molecule has 0 aliphatic heterocycles. The van der Waals surface area contributed by atoms with Crippen molar-refractivity contribution < 1.29 is 5.28 Å². The predicted octanol–water partition coefficient (Wildman–Crippen LogP) is -3.03. The van der Waals surface area contributed by atoms with Crippen molar-refractivity contribution in [3.63, 3.8) is 0 Å². The smallest absolute Gasteiger partial charge is 0.0591 e. The van der Waals surface area contributed by atoms with Gasteiger partial charge in [-0.15, -0.1) is 5.43 Å². The van der Waals surface area contributed by atoms with Crippen molar-refractivity contribution in [2.24, 2.45) is 5.73 Å². The summed E-state index contributed by atoms with van der Waals surface area (Å²) in [7, 11) is 1.56. The Hall–Kier alpha value is -0.200. The van der Waals surface area contributed by atoms with E-state index in [0.29, 0.717) is 13.1 Å². The lowest BCUT2D eigenvalue weighted by atomic mass is 10.7. The molecule has 0 rings (SSSR count). The summed E-state index contributed by atoms with van der Waals surface area (Å²) in [5.41, 5.74) is 9.99. The molecule has 5 heteroatoms. The first-order valence-electron chi connectivity index (χ1n) is 2.47. The normalized spacial score (nSPS) is 13.9. The van der Waals surface area contributed by atoms with Crippen LogP contribution in [0.1, 0.15) is 0 Å². The van der Waals surface area contributed by atoms with Crippen LogP contribution in [0.4, 0.5) is 0 Å². The number of nitrogens with two attached hydrogens (primary N) is 1. The Bertz CT molecular complexity index is 50.5. The summed E-state index contributed by atoms with van der Waals surface area (Å²) < 4.78 is 0. The third kappa shape index (κ3) is 3.97. The lowest BCUT2D eigenvalue weighted by Gasteiger charge is -2.18. The summed E-state index contributed by atoms with van der Waals surface area (Å²) in [6.45, 7) is 1.01. The molecule has 1 unspecified atom stereocenters. The van der Waals surface area contributed by atoms with Gasteiger partial charge in [-0.3, -0.25) is 0 Å². The van der Waals surface area contributed by atoms with E-state index < -0.39 is 0 Å². The molecule has 0 bridgehead atoms. The molecule has 0 saturated carbocycles. The van der Waals surface area contributed by atoms with Crippen LogP contribution >= 0.6 is 0 Å². The van der Waals surface area contributed by atoms with Crippen molar-refractivity contribution in [3.05, 3.63) is 5.21 Å². The molecule has 0 aliphatic rings. The molecule has 5 nitrogen and oxygen atoms in total. The molecule has 5 N–H and O–H groups in total. The highest BCUT2D eigenvalue weighted by Gasteiger charge is 1.85. The first-order valence-corrected chi connectivity index (χ1v) is 2.47. The third-order valence-corrected chi connectivity index (χ3v) is 0.657. The fraction of sp³-hybridized carbons (Fsp3) is 1.00. The molecule has 0 aromatic rings. The zero-order valence-corrected chi connectivity index (χ0v) is 4.90. The van der Waals surface area contributed by atoms with Crippen LogP contribution < -0.4 is 21.9 Å². The lowest BCUT2D eigenvalue weighted by molar-refractivity contribution is -0.939. The zero-order valence-electron chi connectivity index (χ0n) is 4.90. The number of nitrogens with one attached hydrogen (secondary N) is 3. The SMILES string of the molecule is CN[NH+]([O-])NCCN. The molecule has 0 aromatic heterocycles. The Morgan fingerprint density at radius 3 is 2.75 bits per heavy atom. The lowest BCUT2D eigenvalue weighted by Crippen LogP contribution is -3.20. The Balaban J connectivity index is 2.86. The third-order valence-electron chi connectivity index (χ3n) is 0.657. The van der Waals surface area contributed by atoms with Crippen molar-refractivity contribution in [1.29, 1.82) is 0 Å². The maximum atomic E-state index is 10.3. The Morgan fingerprint density at radius 2 is 2.38 bits per heavy atom. The predicted molar refractivity (Wildman–Crippen MR) is 30.4 cm³/mol. The monoisotopic (exact) mass is 120 g/mol. The molecule has 8 heavy (non-hydrogen) atoms. The van der Waals surface area contributed by atoms with Gasteiger partial charge in [0.25, 0.3) is 0 Å². The second-order valence-corrected chi connectivity index (χ2v) is 1.29. The summed E-state index contributed by atoms with van der Waals surface area (Å²) in [5, 5.41) is 10.1. The molecule has 0 aromatic carbocycles. The highest BCUT2D eigenvalue weighted by Crippen LogP contribution is 1.35. The summed E-state index contributed by atoms with van der Waals surface area (Å²) in [4.78, 5) is 0. The Morgan fingerprint density at radius 1 is 1.75 bits per heavy atom. The van der Waals surface area contributed by atoms with Crippen molar-refractivity contribution in [2.75, 3.05) is 20.1 Å². The maximum Gasteiger partial charge on any atom is 0.0591 e. The summed E-state index contributed by atoms with van der Waals surface area (Å²) in [6.07, 6.45) is 0. The second kappa shape index (κ2) is 4.95. The van der Waals surface area contributed by atoms with Crippen LogP contribution in [0.2, 0.25) is 0 Å². The summed E-state index contributed by atoms with van der Waals surface area (Å²) in [5.74, 6) is 0. The highest BCUT2D eigenvalue weighted by atomic mass is 16.6. The molecule has 0 heterocycles. The molecule has 0 spiro atoms. The van der Waals surface area contributed by atoms with Crippen LogP contribution in [0, 0.1) is 5.21 Å². The van der Waals surface area contributed by atoms with Gasteiger partial charge in [0, 0.05) is 13.6 Å². The van der Waals surface area contributed by atoms with Gasteiger partial charge in [0.2, 0.25) is 0 Å². The summed E-state index contributed by atoms with van der Waals surface area (Å²) in [6, 6.07) is 0. The molecule has 0 radical (unpaired) electrons. The molecule has 1 atom stereocenters. The van der Waals surface area contributed by atoms with Gasteiger partial charge in [-0.2, -0.15) is 5.43 Å². The van der Waals surface area contributed by atoms with Gasteiger partial charge in [0.1, 0.15) is 0 Å². The van der Waals surface area contributed by atoms with Crippen LogP contribution in [0.3, 0.4) is 0 Å². The van der Waals surface area contributed by atoms with E-state index in [0.717, 1.165) is 0 Å². The van der Waals surface area contributed by atoms with Crippen LogP contribution in [-0.2, 0) is 0 Å². The molecule has 0 aliphatic carbocycles. The average molecular weight is 120 g/mol. The zero-order chi connectivity index (χ0) is 6.41. The van der Waals surface area contributed by atoms with Gasteiger partial charge < -0.3 is 10.9 Å². The molecule has 50 valence electrons. The first kappa shape index (κ1) is 7.80. The average Bonchev–Trinajstić information content (AvgIpc) is 1.83. The van der Waals surface area contributed by atoms with Gasteiger partial charge in [-0.1, -0.05) is 0 Å². The standard InChI is InChI=1S/C3H12N4O/c1-5-7(8)6-3-2-4/h5-7H,2-4H2,1H3. The van der Waals surface area contributed by atoms with E-state index in [4.69, 9.17) is 5.73 Å². The number of quaternary nitrogens is 1. The van der Waals surface area contributed by atoms with Crippen LogP contribution in [0.5, 0.6) is 0 Å². The van der Waals surface area contributed by atoms with Crippen LogP contribution in [0.15, 0.2) is 0 Å². The van der Waals surface area contributed by atoms with Crippen LogP contribution in [-0.4, -0.2) is 20.1 Å². The minimum Gasteiger partial charge on any atom is -0.593 e. The van der Waals surface area contributed by atoms with Crippen LogP contribution in [0.25, 0.3) is 0 Å². The van der Waals surface area contributed by atoms with E-state index in [-0.39, 0.29) is 5.28 Å². The van der Waals surface area contributed by atoms with E-state index in [1.807, 2.05) is 0 Å². The van der Waals surface area contributed by atoms with E-state index in [1.165, 1.54) is 0 Å². The van der Waals surface area contributed by atoms with Gasteiger partial charge in [0.05, 0.1) is 6.54 Å². The van der Waals surface area contributed by atoms with Gasteiger partial charge in [0.15, 0.2) is 0 Å². The van der Waals surface area contributed by atoms with Crippen molar-refractivity contribution in [2.45, 2.75) is 0 Å². The molecule has 0 amide bonds. The second-order valence-electron chi connectivity index (χ2n) is 1.29. The van der Waals surface area contributed by atoms with Crippen molar-refractivity contribution >= 4 is 0 Å². The maximum absolute atomic E-state index is 10.3. The van der Waals surface area contributed by atoms with Gasteiger partial charge in [-0.25, -0.2) is 5.28 Å². The van der Waals surface area contributed by atoms with Gasteiger partial charge in [-0.05, 0) is 0 Å². The minimum absolute atomic E-state index is 0.185. The van der Waals surface area contributed by atoms with E-state index >= 15 is 0 Å². The molecular weight excluding hydrogens is 108 g/mol. The van der Waals surface area contributed by atoms with Crippen molar-refractivity contribution in [3.8, 4) is 0 Å². The fourth-order valence-electron chi connectivity index (χ4n) is 0.274. The minimum atomic E-state index is -0.185. The van der Waals surface area contributed by atoms with Crippen molar-refractivity contribution in [1.82, 2.24) is 10.9 Å². The quantitative estimate of drug-likeness (QED) is 0.298. The van der Waals surface area contributed by atoms with E-state index in [9.17, 15) is 5.21 Å². The van der Waals surface area contributed by atoms with E-state index in [1.54, 1.807) is 7.05 Å². The topological polar surface area (TPSA) is 77.6 Å². The molecule has 0 fully saturated rings. The largest absolute Gasteiger partial charge is 0.593 e. The number of rotatable bonds is 4. The molecular formula is C3H12N4O. The Labute approximate surface area is 48.4 Å². The molecule has 0 saturated heterocycles. The first-order chi connectivity index (χ1) is 3.81. The fourth-order valence-corrected chi connectivity index (χ4v) is 0.274. The van der Waals surface area contributed by atoms with Gasteiger partial charge >= 0.3 is 0 Å². The van der Waals surface area contributed by atoms with E-state index in [2.05, 4.69) is 10.9 Å². The Kier molecular flexibility index (Phi) is 4.82. The number of hydrogen-bond donors (Lipinski definition) is 4. The highest BCUT2D eigenvalue weighted by molar-refractivity contribution is 4.29. The summed E-state index contributed by atoms with van der Waals surface area (Å²) >= 11 is 0. The number of hydrogen-bond acceptors (Lipinski definition) is 4.